The minimum Gasteiger partial charge on any atom is -0.501 e. The Morgan fingerprint density at radius 3 is 2.69 bits per heavy atom. The molecule has 26 heavy (non-hydrogen) atoms. The van der Waals surface area contributed by atoms with Gasteiger partial charge in [-0.15, -0.1) is 0 Å². The van der Waals surface area contributed by atoms with E-state index in [2.05, 4.69) is 26.0 Å². The van der Waals surface area contributed by atoms with Crippen LogP contribution in [0, 0.1) is 28.6 Å². The number of esters is 1. The fourth-order valence-electron chi connectivity index (χ4n) is 6.60. The number of rotatable bonds is 2. The molecule has 0 N–H and O–H groups in total. The Bertz CT molecular complexity index is 705. The van der Waals surface area contributed by atoms with Crippen LogP contribution in [-0.2, 0) is 19.1 Å². The molecular weight excluding hydrogens is 328 g/mol. The van der Waals surface area contributed by atoms with Crippen LogP contribution in [0.25, 0.3) is 0 Å². The van der Waals surface area contributed by atoms with E-state index < -0.39 is 0 Å². The first kappa shape index (κ1) is 17.8. The Hall–Kier alpha value is -1.58. The average Bonchev–Trinajstić information content (AvgIpc) is 2.90. The topological polar surface area (TPSA) is 52.6 Å². The quantitative estimate of drug-likeness (QED) is 0.694. The Kier molecular flexibility index (Phi) is 4.09. The van der Waals surface area contributed by atoms with Gasteiger partial charge < -0.3 is 9.47 Å². The minimum absolute atomic E-state index is 0.137. The molecule has 4 aliphatic carbocycles. The van der Waals surface area contributed by atoms with Crippen molar-refractivity contribution in [2.75, 3.05) is 7.11 Å². The zero-order valence-corrected chi connectivity index (χ0v) is 16.3. The summed E-state index contributed by atoms with van der Waals surface area (Å²) in [7, 11) is 1.68. The van der Waals surface area contributed by atoms with Gasteiger partial charge in [-0.1, -0.05) is 19.9 Å². The van der Waals surface area contributed by atoms with E-state index in [1.807, 2.05) is 0 Å². The number of Topliss-reactive ketones (excluding diaryl/α,β-unsaturated/α-hetero) is 1. The van der Waals surface area contributed by atoms with Crippen molar-refractivity contribution in [1.82, 2.24) is 0 Å². The van der Waals surface area contributed by atoms with Crippen molar-refractivity contribution in [1.29, 1.82) is 0 Å². The Balaban J connectivity index is 1.75. The second kappa shape index (κ2) is 5.97. The highest BCUT2D eigenvalue weighted by Crippen LogP contribution is 2.64. The Morgan fingerprint density at radius 1 is 1.23 bits per heavy atom. The summed E-state index contributed by atoms with van der Waals surface area (Å²) in [5, 5.41) is 0. The van der Waals surface area contributed by atoms with E-state index in [0.717, 1.165) is 37.9 Å². The lowest BCUT2D eigenvalue weighted by molar-refractivity contribution is -0.160. The third kappa shape index (κ3) is 2.33. The van der Waals surface area contributed by atoms with E-state index in [9.17, 15) is 9.59 Å². The molecule has 0 aromatic rings. The van der Waals surface area contributed by atoms with Gasteiger partial charge in [-0.05, 0) is 55.1 Å². The van der Waals surface area contributed by atoms with Crippen LogP contribution in [0.2, 0.25) is 0 Å². The minimum atomic E-state index is -0.230. The van der Waals surface area contributed by atoms with Crippen molar-refractivity contribution in [3.63, 3.8) is 0 Å². The van der Waals surface area contributed by atoms with E-state index in [1.54, 1.807) is 7.11 Å². The van der Waals surface area contributed by atoms with E-state index in [4.69, 9.17) is 9.47 Å². The smallest absolute Gasteiger partial charge is 0.302 e. The van der Waals surface area contributed by atoms with Gasteiger partial charge in [-0.25, -0.2) is 0 Å². The van der Waals surface area contributed by atoms with Crippen molar-refractivity contribution in [2.24, 2.45) is 28.6 Å². The number of methoxy groups -OCH3 is 1. The number of hydrogen-bond acceptors (Lipinski definition) is 4. The molecule has 0 saturated heterocycles. The first-order valence-electron chi connectivity index (χ1n) is 9.96. The number of fused-ring (bicyclic) bond motifs is 5. The van der Waals surface area contributed by atoms with Crippen molar-refractivity contribution in [3.05, 3.63) is 23.5 Å². The molecule has 142 valence electrons. The molecule has 6 atom stereocenters. The van der Waals surface area contributed by atoms with Crippen LogP contribution in [0.1, 0.15) is 59.3 Å². The van der Waals surface area contributed by atoms with Crippen molar-refractivity contribution in [3.8, 4) is 0 Å². The highest BCUT2D eigenvalue weighted by Gasteiger charge is 2.60. The third-order valence-corrected chi connectivity index (χ3v) is 8.09. The highest BCUT2D eigenvalue weighted by molar-refractivity contribution is 5.87. The molecule has 0 aromatic carbocycles. The summed E-state index contributed by atoms with van der Waals surface area (Å²) in [5.41, 5.74) is 0.923. The molecule has 2 fully saturated rings. The number of carbonyl (C=O) groups excluding carboxylic acids is 2. The van der Waals surface area contributed by atoms with Crippen LogP contribution in [-0.4, -0.2) is 25.0 Å². The van der Waals surface area contributed by atoms with Gasteiger partial charge >= 0.3 is 5.97 Å². The van der Waals surface area contributed by atoms with Gasteiger partial charge in [0, 0.05) is 30.6 Å². The van der Waals surface area contributed by atoms with Crippen molar-refractivity contribution < 1.29 is 19.1 Å². The molecule has 4 rings (SSSR count). The fraction of sp³-hybridized carbons (Fsp3) is 0.727. The second-order valence-corrected chi connectivity index (χ2v) is 9.09. The lowest BCUT2D eigenvalue weighted by Crippen LogP contribution is -2.54. The van der Waals surface area contributed by atoms with Crippen LogP contribution in [0.4, 0.5) is 0 Å². The summed E-state index contributed by atoms with van der Waals surface area (Å²) in [5.74, 6) is 2.54. The molecule has 0 heterocycles. The Morgan fingerprint density at radius 2 is 2.00 bits per heavy atom. The molecule has 4 heteroatoms. The highest BCUT2D eigenvalue weighted by atomic mass is 16.5. The first-order chi connectivity index (χ1) is 12.3. The zero-order chi connectivity index (χ0) is 18.7. The predicted molar refractivity (Wildman–Crippen MR) is 98.1 cm³/mol. The maximum absolute atomic E-state index is 12.5. The van der Waals surface area contributed by atoms with Gasteiger partial charge in [-0.3, -0.25) is 9.59 Å². The fourth-order valence-corrected chi connectivity index (χ4v) is 6.60. The van der Waals surface area contributed by atoms with Crippen LogP contribution in [0.3, 0.4) is 0 Å². The Labute approximate surface area is 156 Å². The summed E-state index contributed by atoms with van der Waals surface area (Å²) in [4.78, 5) is 24.4. The molecule has 0 radical (unpaired) electrons. The summed E-state index contributed by atoms with van der Waals surface area (Å²) in [6, 6.07) is 0. The van der Waals surface area contributed by atoms with Crippen LogP contribution in [0.15, 0.2) is 23.5 Å². The average molecular weight is 358 g/mol. The number of allylic oxidation sites excluding steroid dienone is 2. The molecule has 0 unspecified atom stereocenters. The summed E-state index contributed by atoms with van der Waals surface area (Å²) in [6.45, 7) is 5.95. The first-order valence-corrected chi connectivity index (χ1v) is 9.96. The maximum atomic E-state index is 12.5. The van der Waals surface area contributed by atoms with Crippen molar-refractivity contribution >= 4 is 11.8 Å². The number of hydrogen-bond donors (Lipinski definition) is 0. The number of ketones is 1. The lowest BCUT2D eigenvalue weighted by atomic mass is 9.48. The number of ether oxygens (including phenoxy) is 2. The van der Waals surface area contributed by atoms with Crippen LogP contribution < -0.4 is 0 Å². The number of carbonyl (C=O) groups is 2. The molecule has 0 aliphatic heterocycles. The van der Waals surface area contributed by atoms with Gasteiger partial charge in [0.05, 0.1) is 12.9 Å². The van der Waals surface area contributed by atoms with E-state index in [0.29, 0.717) is 30.0 Å². The summed E-state index contributed by atoms with van der Waals surface area (Å²) in [6.07, 6.45) is 9.69. The predicted octanol–water partition coefficient (Wildman–Crippen LogP) is 4.20. The monoisotopic (exact) mass is 358 g/mol. The summed E-state index contributed by atoms with van der Waals surface area (Å²) >= 11 is 0. The van der Waals surface area contributed by atoms with E-state index >= 15 is 0 Å². The third-order valence-electron chi connectivity index (χ3n) is 8.09. The van der Waals surface area contributed by atoms with Crippen LogP contribution >= 0.6 is 0 Å². The maximum Gasteiger partial charge on any atom is 0.302 e. The van der Waals surface area contributed by atoms with E-state index in [-0.39, 0.29) is 22.9 Å². The standard InChI is InChI=1S/C22H30O4/c1-13(23)26-20-12-15(25-4)11-14-5-6-16-17-7-8-19(24)21(17,2)10-9-18(16)22(14,20)3/h5,11,16-18,20H,6-10,12H2,1-4H3/t16-,17-,18-,20+,21-,22-/m0/s1. The second-order valence-electron chi connectivity index (χ2n) is 9.09. The molecule has 0 bridgehead atoms. The SMILES string of the molecule is COC1=CC2=CC[C@@H]3[C@H](CC[C@]4(C)C(=O)CC[C@@H]34)[C@@]2(C)[C@H](OC(C)=O)C1. The molecule has 4 nitrogen and oxygen atoms in total. The van der Waals surface area contributed by atoms with E-state index in [1.165, 1.54) is 12.5 Å². The molecule has 2 saturated carbocycles. The molecular formula is C22H30O4. The molecule has 4 aliphatic rings. The molecule has 0 spiro atoms. The van der Waals surface area contributed by atoms with Gasteiger partial charge in [0.2, 0.25) is 0 Å². The zero-order valence-electron chi connectivity index (χ0n) is 16.3. The molecule has 0 amide bonds. The van der Waals surface area contributed by atoms with Gasteiger partial charge in [-0.2, -0.15) is 0 Å². The summed E-state index contributed by atoms with van der Waals surface area (Å²) < 4.78 is 11.4. The van der Waals surface area contributed by atoms with Crippen LogP contribution in [0.5, 0.6) is 0 Å². The normalized spacial score (nSPS) is 44.2. The van der Waals surface area contributed by atoms with Gasteiger partial charge in [0.15, 0.2) is 0 Å². The lowest BCUT2D eigenvalue weighted by Gasteiger charge is -2.57. The van der Waals surface area contributed by atoms with Gasteiger partial charge in [0.1, 0.15) is 11.9 Å². The van der Waals surface area contributed by atoms with Gasteiger partial charge in [0.25, 0.3) is 0 Å². The largest absolute Gasteiger partial charge is 0.501 e. The van der Waals surface area contributed by atoms with Crippen molar-refractivity contribution in [2.45, 2.75) is 65.4 Å². The molecule has 0 aromatic heterocycles.